The summed E-state index contributed by atoms with van der Waals surface area (Å²) in [6.07, 6.45) is 4.67. The van der Waals surface area contributed by atoms with E-state index in [1.807, 2.05) is 35.0 Å². The lowest BCUT2D eigenvalue weighted by Crippen LogP contribution is -2.15. The van der Waals surface area contributed by atoms with Crippen LogP contribution in [0.3, 0.4) is 0 Å². The molecule has 8 heteroatoms. The molecule has 4 heterocycles. The number of aromatic amines is 1. The first-order valence-corrected chi connectivity index (χ1v) is 8.59. The Kier molecular flexibility index (Phi) is 3.40. The molecule has 0 aliphatic heterocycles. The van der Waals surface area contributed by atoms with Crippen LogP contribution < -0.4 is 10.1 Å². The van der Waals surface area contributed by atoms with Crippen LogP contribution in [0.2, 0.25) is 0 Å². The van der Waals surface area contributed by atoms with Gasteiger partial charge >= 0.3 is 0 Å². The molecule has 27 heavy (non-hydrogen) atoms. The number of ether oxygens (including phenoxy) is 1. The summed E-state index contributed by atoms with van der Waals surface area (Å²) in [4.78, 5) is 23.7. The van der Waals surface area contributed by atoms with E-state index < -0.39 is 12.1 Å². The highest BCUT2D eigenvalue weighted by Crippen LogP contribution is 2.36. The molecule has 0 saturated heterocycles. The van der Waals surface area contributed by atoms with Gasteiger partial charge in [0, 0.05) is 35.1 Å². The number of H-pyrrole nitrogens is 1. The van der Waals surface area contributed by atoms with Gasteiger partial charge in [0.25, 0.3) is 0 Å². The second-order valence-electron chi connectivity index (χ2n) is 6.55. The highest BCUT2D eigenvalue weighted by molar-refractivity contribution is 5.98. The number of pyridine rings is 2. The number of amides is 1. The Balaban J connectivity index is 1.54. The summed E-state index contributed by atoms with van der Waals surface area (Å²) in [5.41, 5.74) is 3.24. The number of imidazole rings is 1. The number of methoxy groups -OCH3 is 1. The molecule has 0 spiro atoms. The van der Waals surface area contributed by atoms with Gasteiger partial charge in [0.2, 0.25) is 11.8 Å². The number of carbonyl (C=O) groups excluding carboxylic acids is 1. The van der Waals surface area contributed by atoms with Gasteiger partial charge in [-0.2, -0.15) is 0 Å². The van der Waals surface area contributed by atoms with Crippen molar-refractivity contribution in [3.63, 3.8) is 0 Å². The summed E-state index contributed by atoms with van der Waals surface area (Å²) < 4.78 is 20.5. The average Bonchev–Trinajstić information content (AvgIpc) is 3.07. The number of fused-ring (bicyclic) bond motifs is 2. The number of anilines is 1. The van der Waals surface area contributed by atoms with Crippen LogP contribution in [0, 0.1) is 5.92 Å². The Hall–Kier alpha value is -3.42. The van der Waals surface area contributed by atoms with Crippen LogP contribution in [0.25, 0.3) is 27.8 Å². The quantitative estimate of drug-likeness (QED) is 0.582. The van der Waals surface area contributed by atoms with Crippen molar-refractivity contribution < 1.29 is 13.9 Å². The minimum absolute atomic E-state index is 0.289. The fourth-order valence-corrected chi connectivity index (χ4v) is 3.33. The van der Waals surface area contributed by atoms with Crippen LogP contribution in [-0.4, -0.2) is 38.5 Å². The van der Waals surface area contributed by atoms with Crippen LogP contribution in [0.5, 0.6) is 5.88 Å². The normalized spacial score (nSPS) is 18.7. The molecule has 5 rings (SSSR count). The van der Waals surface area contributed by atoms with Crippen LogP contribution in [0.4, 0.5) is 10.2 Å². The minimum Gasteiger partial charge on any atom is -0.481 e. The first-order chi connectivity index (χ1) is 13.2. The molecule has 1 saturated carbocycles. The number of carbonyl (C=O) groups is 1. The van der Waals surface area contributed by atoms with E-state index in [0.717, 1.165) is 22.2 Å². The number of alkyl halides is 1. The SMILES string of the molecule is COc1c(-c2c[nH]c3nc(NC(=O)[C@@H]4C[C@@H]4F)ccc23)ccc2nccn12. The van der Waals surface area contributed by atoms with Gasteiger partial charge in [-0.1, -0.05) is 0 Å². The molecule has 2 atom stereocenters. The fourth-order valence-electron chi connectivity index (χ4n) is 3.33. The molecule has 0 radical (unpaired) electrons. The van der Waals surface area contributed by atoms with Gasteiger partial charge < -0.3 is 15.0 Å². The second-order valence-corrected chi connectivity index (χ2v) is 6.55. The zero-order valence-corrected chi connectivity index (χ0v) is 14.4. The molecule has 2 N–H and O–H groups in total. The van der Waals surface area contributed by atoms with Gasteiger partial charge in [0.15, 0.2) is 0 Å². The third kappa shape index (κ3) is 2.52. The molecule has 136 valence electrons. The maximum absolute atomic E-state index is 13.0. The van der Waals surface area contributed by atoms with Crippen molar-refractivity contribution in [3.8, 4) is 17.0 Å². The largest absolute Gasteiger partial charge is 0.481 e. The predicted molar refractivity (Wildman–Crippen MR) is 98.5 cm³/mol. The molecule has 0 bridgehead atoms. The molecule has 1 aliphatic rings. The number of halogens is 1. The van der Waals surface area contributed by atoms with E-state index in [1.54, 1.807) is 19.4 Å². The summed E-state index contributed by atoms with van der Waals surface area (Å²) in [5, 5.41) is 3.56. The molecule has 0 unspecified atom stereocenters. The predicted octanol–water partition coefficient (Wildman–Crippen LogP) is 3.18. The van der Waals surface area contributed by atoms with Gasteiger partial charge in [-0.25, -0.2) is 14.4 Å². The number of rotatable bonds is 4. The number of hydrogen-bond donors (Lipinski definition) is 2. The number of nitrogens with zero attached hydrogens (tertiary/aromatic N) is 3. The van der Waals surface area contributed by atoms with Gasteiger partial charge in [-0.3, -0.25) is 9.20 Å². The molecular formula is C19H16FN5O2. The van der Waals surface area contributed by atoms with Gasteiger partial charge in [0.05, 0.1) is 13.0 Å². The lowest BCUT2D eigenvalue weighted by atomic mass is 10.1. The molecule has 7 nitrogen and oxygen atoms in total. The Morgan fingerprint density at radius 3 is 2.96 bits per heavy atom. The first-order valence-electron chi connectivity index (χ1n) is 8.59. The zero-order chi connectivity index (χ0) is 18.5. The van der Waals surface area contributed by atoms with Crippen LogP contribution >= 0.6 is 0 Å². The number of aromatic nitrogens is 4. The fraction of sp³-hybridized carbons (Fsp3) is 0.211. The summed E-state index contributed by atoms with van der Waals surface area (Å²) in [6.45, 7) is 0. The molecule has 1 fully saturated rings. The van der Waals surface area contributed by atoms with E-state index in [-0.39, 0.29) is 12.3 Å². The topological polar surface area (TPSA) is 84.3 Å². The van der Waals surface area contributed by atoms with E-state index in [9.17, 15) is 9.18 Å². The van der Waals surface area contributed by atoms with E-state index >= 15 is 0 Å². The summed E-state index contributed by atoms with van der Waals surface area (Å²) in [6, 6.07) is 7.46. The van der Waals surface area contributed by atoms with Crippen molar-refractivity contribution >= 4 is 28.4 Å². The first kappa shape index (κ1) is 15.8. The Morgan fingerprint density at radius 1 is 1.33 bits per heavy atom. The zero-order valence-electron chi connectivity index (χ0n) is 14.4. The summed E-state index contributed by atoms with van der Waals surface area (Å²) >= 11 is 0. The third-order valence-electron chi connectivity index (χ3n) is 4.84. The molecule has 1 amide bonds. The van der Waals surface area contributed by atoms with Gasteiger partial charge in [-0.15, -0.1) is 0 Å². The Bertz CT molecular complexity index is 1180. The third-order valence-corrected chi connectivity index (χ3v) is 4.84. The van der Waals surface area contributed by atoms with Crippen LogP contribution in [-0.2, 0) is 4.79 Å². The van der Waals surface area contributed by atoms with Crippen molar-refractivity contribution in [2.75, 3.05) is 12.4 Å². The van der Waals surface area contributed by atoms with Gasteiger partial charge in [0.1, 0.15) is 23.3 Å². The van der Waals surface area contributed by atoms with Crippen molar-refractivity contribution in [2.45, 2.75) is 12.6 Å². The number of hydrogen-bond acceptors (Lipinski definition) is 4. The van der Waals surface area contributed by atoms with Crippen molar-refractivity contribution in [1.29, 1.82) is 0 Å². The van der Waals surface area contributed by atoms with E-state index in [1.165, 1.54) is 0 Å². The van der Waals surface area contributed by atoms with Crippen molar-refractivity contribution in [2.24, 2.45) is 5.92 Å². The Labute approximate surface area is 153 Å². The highest BCUT2D eigenvalue weighted by atomic mass is 19.1. The lowest BCUT2D eigenvalue weighted by molar-refractivity contribution is -0.117. The van der Waals surface area contributed by atoms with E-state index in [0.29, 0.717) is 17.3 Å². The minimum atomic E-state index is -1.03. The standard InChI is InChI=1S/C19H16FN5O2/c1-27-19-11(3-5-16-21-6-7-25(16)19)13-9-22-17-10(13)2-4-15(23-17)24-18(26)12-8-14(12)20/h2-7,9,12,14H,8H2,1H3,(H2,22,23,24,26)/t12-,14+/m1/s1. The molecule has 1 aliphatic carbocycles. The molecular weight excluding hydrogens is 349 g/mol. The van der Waals surface area contributed by atoms with Crippen molar-refractivity contribution in [3.05, 3.63) is 42.9 Å². The summed E-state index contributed by atoms with van der Waals surface area (Å²) in [5.74, 6) is 0.198. The summed E-state index contributed by atoms with van der Waals surface area (Å²) in [7, 11) is 1.62. The lowest BCUT2D eigenvalue weighted by Gasteiger charge is -2.10. The molecule has 4 aromatic rings. The Morgan fingerprint density at radius 2 is 2.19 bits per heavy atom. The van der Waals surface area contributed by atoms with E-state index in [2.05, 4.69) is 20.3 Å². The molecule has 4 aromatic heterocycles. The van der Waals surface area contributed by atoms with Crippen LogP contribution in [0.15, 0.2) is 42.9 Å². The van der Waals surface area contributed by atoms with Gasteiger partial charge in [-0.05, 0) is 30.7 Å². The molecule has 0 aromatic carbocycles. The second kappa shape index (κ2) is 5.80. The van der Waals surface area contributed by atoms with Crippen LogP contribution in [0.1, 0.15) is 6.42 Å². The smallest absolute Gasteiger partial charge is 0.231 e. The van der Waals surface area contributed by atoms with E-state index in [4.69, 9.17) is 4.74 Å². The monoisotopic (exact) mass is 365 g/mol. The maximum atomic E-state index is 13.0. The number of nitrogens with one attached hydrogen (secondary N) is 2. The highest BCUT2D eigenvalue weighted by Gasteiger charge is 2.43. The maximum Gasteiger partial charge on any atom is 0.231 e. The van der Waals surface area contributed by atoms with Crippen molar-refractivity contribution in [1.82, 2.24) is 19.4 Å². The average molecular weight is 365 g/mol.